The van der Waals surface area contributed by atoms with Crippen LogP contribution in [0.1, 0.15) is 63.4 Å². The Morgan fingerprint density at radius 3 is 2.59 bits per heavy atom. The van der Waals surface area contributed by atoms with E-state index >= 15 is 0 Å². The second-order valence-corrected chi connectivity index (χ2v) is 6.25. The summed E-state index contributed by atoms with van der Waals surface area (Å²) in [6, 6.07) is 3.27. The normalized spacial score (nSPS) is 14.1. The van der Waals surface area contributed by atoms with E-state index in [9.17, 15) is 22.8 Å². The molecule has 0 unspecified atom stereocenters. The zero-order valence-electron chi connectivity index (χ0n) is 14.6. The van der Waals surface area contributed by atoms with Crippen molar-refractivity contribution in [1.29, 1.82) is 0 Å². The molecule has 0 bridgehead atoms. The summed E-state index contributed by atoms with van der Waals surface area (Å²) in [6.45, 7) is 3.02. The van der Waals surface area contributed by atoms with E-state index in [1.807, 2.05) is 0 Å². The summed E-state index contributed by atoms with van der Waals surface area (Å²) in [5.74, 6) is -1.18. The van der Waals surface area contributed by atoms with E-state index < -0.39 is 23.6 Å². The smallest absolute Gasteiger partial charge is 0.416 e. The zero-order valence-corrected chi connectivity index (χ0v) is 14.6. The lowest BCUT2D eigenvalue weighted by molar-refractivity contribution is -0.138. The molecule has 0 spiro atoms. The van der Waals surface area contributed by atoms with Gasteiger partial charge in [0.05, 0.1) is 12.2 Å². The second-order valence-electron chi connectivity index (χ2n) is 6.25. The van der Waals surface area contributed by atoms with E-state index in [4.69, 9.17) is 9.26 Å². The van der Waals surface area contributed by atoms with Gasteiger partial charge < -0.3 is 14.6 Å². The third kappa shape index (κ3) is 3.96. The molecule has 0 atom stereocenters. The summed E-state index contributed by atoms with van der Waals surface area (Å²) in [5, 5.41) is 6.17. The molecular formula is C18H17F3N2O4. The molecule has 6 nitrogen and oxygen atoms in total. The van der Waals surface area contributed by atoms with Gasteiger partial charge in [0.15, 0.2) is 5.76 Å². The van der Waals surface area contributed by atoms with Gasteiger partial charge in [-0.05, 0) is 50.5 Å². The van der Waals surface area contributed by atoms with Crippen molar-refractivity contribution in [2.24, 2.45) is 0 Å². The number of hydrogen-bond donors (Lipinski definition) is 1. The van der Waals surface area contributed by atoms with Crippen molar-refractivity contribution in [3.63, 3.8) is 0 Å². The van der Waals surface area contributed by atoms with Crippen LogP contribution in [0.25, 0.3) is 0 Å². The number of rotatable bonds is 5. The lowest BCUT2D eigenvalue weighted by Crippen LogP contribution is -2.18. The lowest BCUT2D eigenvalue weighted by Gasteiger charge is -2.12. The topological polar surface area (TPSA) is 81.4 Å². The van der Waals surface area contributed by atoms with Crippen LogP contribution in [0, 0.1) is 6.92 Å². The number of nitrogens with one attached hydrogen (secondary N) is 1. The first-order chi connectivity index (χ1) is 12.7. The zero-order chi connectivity index (χ0) is 19.8. The number of alkyl halides is 3. The SMILES string of the molecule is CCOC(=O)c1noc(C2CC2)c1C(=O)Nc1ccc(C(F)(F)F)c(C)c1. The standard InChI is InChI=1S/C18H17F3N2O4/c1-3-26-17(25)14-13(15(27-23-14)10-4-5-10)16(24)22-11-6-7-12(9(2)8-11)18(19,20)21/h6-8,10H,3-5H2,1-2H3,(H,22,24). The van der Waals surface area contributed by atoms with Gasteiger partial charge in [0.2, 0.25) is 5.69 Å². The van der Waals surface area contributed by atoms with Crippen molar-refractivity contribution in [3.8, 4) is 0 Å². The first-order valence-corrected chi connectivity index (χ1v) is 8.38. The Balaban J connectivity index is 1.89. The van der Waals surface area contributed by atoms with Gasteiger partial charge in [-0.25, -0.2) is 4.79 Å². The minimum Gasteiger partial charge on any atom is -0.461 e. The van der Waals surface area contributed by atoms with E-state index in [0.29, 0.717) is 5.76 Å². The van der Waals surface area contributed by atoms with Gasteiger partial charge in [0.1, 0.15) is 5.56 Å². The molecule has 27 heavy (non-hydrogen) atoms. The number of esters is 1. The number of ether oxygens (including phenoxy) is 1. The van der Waals surface area contributed by atoms with Crippen LogP contribution in [0.5, 0.6) is 0 Å². The first-order valence-electron chi connectivity index (χ1n) is 8.38. The number of carbonyl (C=O) groups excluding carboxylic acids is 2. The average molecular weight is 382 g/mol. The van der Waals surface area contributed by atoms with Crippen LogP contribution < -0.4 is 5.32 Å². The Morgan fingerprint density at radius 1 is 1.33 bits per heavy atom. The number of anilines is 1. The molecule has 1 amide bonds. The van der Waals surface area contributed by atoms with Crippen LogP contribution in [0.15, 0.2) is 22.7 Å². The number of aromatic nitrogens is 1. The molecule has 1 aromatic heterocycles. The minimum absolute atomic E-state index is 0.00392. The largest absolute Gasteiger partial charge is 0.461 e. The predicted molar refractivity (Wildman–Crippen MR) is 88.6 cm³/mol. The highest BCUT2D eigenvalue weighted by atomic mass is 19.4. The minimum atomic E-state index is -4.47. The maximum Gasteiger partial charge on any atom is 0.416 e. The number of carbonyl (C=O) groups is 2. The van der Waals surface area contributed by atoms with Gasteiger partial charge in [0, 0.05) is 11.6 Å². The maximum absolute atomic E-state index is 12.9. The van der Waals surface area contributed by atoms with E-state index in [1.54, 1.807) is 6.92 Å². The Labute approximate surface area is 152 Å². The summed E-state index contributed by atoms with van der Waals surface area (Å²) in [5.41, 5.74) is -0.911. The monoisotopic (exact) mass is 382 g/mol. The molecular weight excluding hydrogens is 365 g/mol. The Morgan fingerprint density at radius 2 is 2.04 bits per heavy atom. The first kappa shape index (κ1) is 18.9. The van der Waals surface area contributed by atoms with Gasteiger partial charge >= 0.3 is 12.1 Å². The molecule has 1 fully saturated rings. The summed E-state index contributed by atoms with van der Waals surface area (Å²) in [4.78, 5) is 24.7. The van der Waals surface area contributed by atoms with Gasteiger partial charge in [-0.15, -0.1) is 0 Å². The molecule has 1 N–H and O–H groups in total. The number of halogens is 3. The van der Waals surface area contributed by atoms with Crippen molar-refractivity contribution >= 4 is 17.6 Å². The number of hydrogen-bond acceptors (Lipinski definition) is 5. The quantitative estimate of drug-likeness (QED) is 0.780. The molecule has 144 valence electrons. The highest BCUT2D eigenvalue weighted by Gasteiger charge is 2.37. The highest BCUT2D eigenvalue weighted by Crippen LogP contribution is 2.42. The van der Waals surface area contributed by atoms with E-state index in [2.05, 4.69) is 10.5 Å². The third-order valence-electron chi connectivity index (χ3n) is 4.15. The third-order valence-corrected chi connectivity index (χ3v) is 4.15. The van der Waals surface area contributed by atoms with Crippen LogP contribution >= 0.6 is 0 Å². The van der Waals surface area contributed by atoms with Crippen molar-refractivity contribution in [3.05, 3.63) is 46.3 Å². The van der Waals surface area contributed by atoms with Crippen LogP contribution in [-0.4, -0.2) is 23.6 Å². The molecule has 0 aliphatic heterocycles. The summed E-state index contributed by atoms with van der Waals surface area (Å²) >= 11 is 0. The average Bonchev–Trinajstić information content (AvgIpc) is 3.31. The van der Waals surface area contributed by atoms with Crippen LogP contribution in [0.4, 0.5) is 18.9 Å². The molecule has 1 saturated carbocycles. The van der Waals surface area contributed by atoms with Crippen molar-refractivity contribution < 1.29 is 32.0 Å². The molecule has 3 rings (SSSR count). The van der Waals surface area contributed by atoms with E-state index in [1.165, 1.54) is 13.0 Å². The summed E-state index contributed by atoms with van der Waals surface area (Å²) in [6.07, 6.45) is -2.87. The molecule has 1 aromatic carbocycles. The van der Waals surface area contributed by atoms with E-state index in [-0.39, 0.29) is 35.0 Å². The van der Waals surface area contributed by atoms with E-state index in [0.717, 1.165) is 25.0 Å². The van der Waals surface area contributed by atoms with Crippen molar-refractivity contribution in [2.45, 2.75) is 38.8 Å². The Kier molecular flexibility index (Phi) is 4.95. The fourth-order valence-corrected chi connectivity index (χ4v) is 2.74. The summed E-state index contributed by atoms with van der Waals surface area (Å²) in [7, 11) is 0. The predicted octanol–water partition coefficient (Wildman–Crippen LogP) is 4.31. The molecule has 2 aromatic rings. The number of amides is 1. The molecule has 0 saturated heterocycles. The molecule has 1 aliphatic rings. The van der Waals surface area contributed by atoms with Gasteiger partial charge in [-0.2, -0.15) is 13.2 Å². The van der Waals surface area contributed by atoms with Gasteiger partial charge in [-0.3, -0.25) is 4.79 Å². The molecule has 1 heterocycles. The van der Waals surface area contributed by atoms with Crippen LogP contribution in [-0.2, 0) is 10.9 Å². The Hall–Kier alpha value is -2.84. The lowest BCUT2D eigenvalue weighted by atomic mass is 10.1. The highest BCUT2D eigenvalue weighted by molar-refractivity contribution is 6.11. The molecule has 1 aliphatic carbocycles. The maximum atomic E-state index is 12.9. The fraction of sp³-hybridized carbons (Fsp3) is 0.389. The Bertz CT molecular complexity index is 885. The van der Waals surface area contributed by atoms with Crippen molar-refractivity contribution in [1.82, 2.24) is 5.16 Å². The van der Waals surface area contributed by atoms with Crippen LogP contribution in [0.3, 0.4) is 0 Å². The second kappa shape index (κ2) is 7.05. The number of nitrogens with zero attached hydrogens (tertiary/aromatic N) is 1. The van der Waals surface area contributed by atoms with Gasteiger partial charge in [-0.1, -0.05) is 5.16 Å². The number of aryl methyl sites for hydroxylation is 1. The molecule has 9 heteroatoms. The summed E-state index contributed by atoms with van der Waals surface area (Å²) < 4.78 is 48.7. The number of benzene rings is 1. The fourth-order valence-electron chi connectivity index (χ4n) is 2.74. The van der Waals surface area contributed by atoms with Gasteiger partial charge in [0.25, 0.3) is 5.91 Å². The molecule has 0 radical (unpaired) electrons. The van der Waals surface area contributed by atoms with Crippen molar-refractivity contribution in [2.75, 3.05) is 11.9 Å². The van der Waals surface area contributed by atoms with Crippen LogP contribution in [0.2, 0.25) is 0 Å².